The van der Waals surface area contributed by atoms with Gasteiger partial charge in [0.25, 0.3) is 11.7 Å². The number of amides is 2. The Morgan fingerprint density at radius 3 is 2.52 bits per heavy atom. The summed E-state index contributed by atoms with van der Waals surface area (Å²) in [6.07, 6.45) is 2.17. The van der Waals surface area contributed by atoms with Gasteiger partial charge >= 0.3 is 0 Å². The third kappa shape index (κ3) is 3.26. The molecule has 7 heteroatoms. The number of hydrogen-bond donors (Lipinski definition) is 1. The van der Waals surface area contributed by atoms with Crippen LogP contribution in [0.2, 0.25) is 0 Å². The molecule has 2 fully saturated rings. The number of pyridine rings is 1. The van der Waals surface area contributed by atoms with E-state index in [2.05, 4.69) is 16.0 Å². The molecule has 0 bridgehead atoms. The van der Waals surface area contributed by atoms with Gasteiger partial charge in [-0.1, -0.05) is 18.2 Å². The van der Waals surface area contributed by atoms with Gasteiger partial charge in [-0.25, -0.2) is 9.88 Å². The third-order valence-corrected chi connectivity index (χ3v) is 5.40. The van der Waals surface area contributed by atoms with Gasteiger partial charge in [0, 0.05) is 6.07 Å². The fraction of sp³-hybridized carbons (Fsp3) is 0.350. The van der Waals surface area contributed by atoms with Crippen LogP contribution in [0.25, 0.3) is 0 Å². The summed E-state index contributed by atoms with van der Waals surface area (Å²) in [6.45, 7) is 3.35. The van der Waals surface area contributed by atoms with Crippen LogP contribution in [-0.4, -0.2) is 51.1 Å². The molecule has 1 aromatic carbocycles. The van der Waals surface area contributed by atoms with Gasteiger partial charge in [-0.3, -0.25) is 14.5 Å². The summed E-state index contributed by atoms with van der Waals surface area (Å²) >= 11 is 0. The van der Waals surface area contributed by atoms with Crippen LogP contribution in [0, 0.1) is 0 Å². The number of aromatic nitrogens is 1. The second-order valence-corrected chi connectivity index (χ2v) is 6.89. The molecule has 2 N–H and O–H groups in total. The number of aromatic amines is 1. The Kier molecular flexibility index (Phi) is 4.77. The summed E-state index contributed by atoms with van der Waals surface area (Å²) in [5.74, 6) is 1.35. The number of rotatable bonds is 4. The molecule has 4 rings (SSSR count). The lowest BCUT2D eigenvalue weighted by Crippen LogP contribution is -3.19. The van der Waals surface area contributed by atoms with E-state index in [9.17, 15) is 9.59 Å². The Hall–Kier alpha value is -2.93. The van der Waals surface area contributed by atoms with Crippen molar-refractivity contribution in [3.8, 4) is 5.75 Å². The summed E-state index contributed by atoms with van der Waals surface area (Å²) in [7, 11) is 1.55. The van der Waals surface area contributed by atoms with Gasteiger partial charge in [0.1, 0.15) is 31.9 Å². The van der Waals surface area contributed by atoms with Gasteiger partial charge in [0.2, 0.25) is 5.91 Å². The number of methoxy groups -OCH3 is 1. The predicted octanol–water partition coefficient (Wildman–Crippen LogP) is -0.454. The fourth-order valence-electron chi connectivity index (χ4n) is 3.98. The number of nitrogens with zero attached hydrogens (tertiary/aromatic N) is 2. The second kappa shape index (κ2) is 7.36. The molecule has 0 radical (unpaired) electrons. The molecular formula is C20H24N4O3+2. The molecule has 2 saturated heterocycles. The van der Waals surface area contributed by atoms with Crippen molar-refractivity contribution in [2.75, 3.05) is 43.1 Å². The highest BCUT2D eigenvalue weighted by atomic mass is 16.5. The quantitative estimate of drug-likeness (QED) is 0.742. The van der Waals surface area contributed by atoms with Crippen molar-refractivity contribution >= 4 is 23.3 Å². The van der Waals surface area contributed by atoms with Crippen LogP contribution in [0.3, 0.4) is 0 Å². The number of nitrogens with one attached hydrogen (secondary N) is 2. The maximum atomic E-state index is 13.0. The maximum absolute atomic E-state index is 13.0. The zero-order chi connectivity index (χ0) is 18.8. The van der Waals surface area contributed by atoms with E-state index in [-0.39, 0.29) is 24.3 Å². The zero-order valence-corrected chi connectivity index (χ0v) is 15.4. The molecule has 1 aromatic heterocycles. The molecular weight excluding hydrogens is 344 g/mol. The molecule has 2 amide bonds. The van der Waals surface area contributed by atoms with E-state index in [1.54, 1.807) is 19.2 Å². The first-order valence-corrected chi connectivity index (χ1v) is 9.25. The van der Waals surface area contributed by atoms with Gasteiger partial charge in [0.15, 0.2) is 6.04 Å². The molecule has 0 saturated carbocycles. The highest BCUT2D eigenvalue weighted by Gasteiger charge is 2.47. The van der Waals surface area contributed by atoms with Gasteiger partial charge in [0.05, 0.1) is 25.4 Å². The van der Waals surface area contributed by atoms with Crippen LogP contribution in [0.15, 0.2) is 48.7 Å². The molecule has 2 aromatic rings. The van der Waals surface area contributed by atoms with Crippen molar-refractivity contribution in [1.29, 1.82) is 0 Å². The molecule has 1 atom stereocenters. The van der Waals surface area contributed by atoms with Crippen LogP contribution < -0.4 is 24.4 Å². The largest absolute Gasteiger partial charge is 0.495 e. The predicted molar refractivity (Wildman–Crippen MR) is 99.8 cm³/mol. The summed E-state index contributed by atoms with van der Waals surface area (Å²) in [5, 5.41) is 0. The number of anilines is 2. The lowest BCUT2D eigenvalue weighted by Gasteiger charge is -2.31. The summed E-state index contributed by atoms with van der Waals surface area (Å²) in [4.78, 5) is 33.7. The van der Waals surface area contributed by atoms with Gasteiger partial charge in [-0.15, -0.1) is 0 Å². The molecule has 3 heterocycles. The van der Waals surface area contributed by atoms with Crippen molar-refractivity contribution in [1.82, 2.24) is 0 Å². The minimum absolute atomic E-state index is 0.126. The van der Waals surface area contributed by atoms with E-state index in [1.807, 2.05) is 30.5 Å². The van der Waals surface area contributed by atoms with Gasteiger partial charge in [-0.2, -0.15) is 0 Å². The first kappa shape index (κ1) is 17.5. The Bertz CT molecular complexity index is 834. The molecule has 27 heavy (non-hydrogen) atoms. The van der Waals surface area contributed by atoms with Crippen molar-refractivity contribution in [2.24, 2.45) is 0 Å². The minimum atomic E-state index is -0.315. The number of para-hydroxylation sites is 2. The summed E-state index contributed by atoms with van der Waals surface area (Å²) in [5.41, 5.74) is 0.537. The van der Waals surface area contributed by atoms with Crippen LogP contribution >= 0.6 is 0 Å². The van der Waals surface area contributed by atoms with E-state index in [0.717, 1.165) is 32.0 Å². The number of H-pyrrole nitrogens is 1. The topological polar surface area (TPSA) is 68.4 Å². The van der Waals surface area contributed by atoms with Crippen LogP contribution in [0.5, 0.6) is 5.75 Å². The molecule has 140 valence electrons. The highest BCUT2D eigenvalue weighted by Crippen LogP contribution is 2.31. The molecule has 0 spiro atoms. The second-order valence-electron chi connectivity index (χ2n) is 6.89. The third-order valence-electron chi connectivity index (χ3n) is 5.40. The number of imide groups is 1. The Morgan fingerprint density at radius 2 is 1.81 bits per heavy atom. The highest BCUT2D eigenvalue weighted by molar-refractivity contribution is 6.22. The molecule has 0 aliphatic carbocycles. The Labute approximate surface area is 158 Å². The average Bonchev–Trinajstić information content (AvgIpc) is 3.02. The van der Waals surface area contributed by atoms with E-state index in [1.165, 1.54) is 9.80 Å². The fourth-order valence-corrected chi connectivity index (χ4v) is 3.98. The first-order valence-electron chi connectivity index (χ1n) is 9.25. The average molecular weight is 368 g/mol. The minimum Gasteiger partial charge on any atom is -0.495 e. The van der Waals surface area contributed by atoms with Crippen LogP contribution in [0.4, 0.5) is 11.5 Å². The molecule has 7 nitrogen and oxygen atoms in total. The van der Waals surface area contributed by atoms with Crippen molar-refractivity contribution < 1.29 is 24.2 Å². The number of quaternary nitrogens is 1. The molecule has 0 unspecified atom stereocenters. The van der Waals surface area contributed by atoms with E-state index >= 15 is 0 Å². The molecule has 2 aliphatic rings. The number of ether oxygens (including phenoxy) is 1. The lowest BCUT2D eigenvalue weighted by atomic mass is 10.1. The number of benzene rings is 1. The Balaban J connectivity index is 1.47. The van der Waals surface area contributed by atoms with E-state index in [0.29, 0.717) is 11.4 Å². The smallest absolute Gasteiger partial charge is 0.292 e. The number of carbonyl (C=O) groups is 2. The maximum Gasteiger partial charge on any atom is 0.292 e. The van der Waals surface area contributed by atoms with Crippen molar-refractivity contribution in [2.45, 2.75) is 12.5 Å². The normalized spacial score (nSPS) is 21.0. The first-order chi connectivity index (χ1) is 13.2. The van der Waals surface area contributed by atoms with Crippen molar-refractivity contribution in [3.63, 3.8) is 0 Å². The van der Waals surface area contributed by atoms with E-state index in [4.69, 9.17) is 4.74 Å². The van der Waals surface area contributed by atoms with Gasteiger partial charge in [-0.05, 0) is 18.2 Å². The summed E-state index contributed by atoms with van der Waals surface area (Å²) in [6, 6.07) is 12.9. The monoisotopic (exact) mass is 368 g/mol. The number of carbonyl (C=O) groups excluding carboxylic acids is 2. The number of hydrogen-bond acceptors (Lipinski definition) is 4. The summed E-state index contributed by atoms with van der Waals surface area (Å²) < 4.78 is 5.34. The number of piperazine rings is 1. The van der Waals surface area contributed by atoms with Crippen molar-refractivity contribution in [3.05, 3.63) is 48.7 Å². The van der Waals surface area contributed by atoms with Crippen LogP contribution in [0.1, 0.15) is 6.42 Å². The Morgan fingerprint density at radius 1 is 1.07 bits per heavy atom. The van der Waals surface area contributed by atoms with Crippen LogP contribution in [-0.2, 0) is 9.59 Å². The zero-order valence-electron chi connectivity index (χ0n) is 15.4. The standard InChI is InChI=1S/C20H22N4O3/c1-27-17-7-3-2-6-15(17)24-19(25)14-16(20(24)26)22-10-12-23(13-11-22)18-8-4-5-9-21-18/h2-9,16H,10-14H2,1H3/p+2/t16-/m0/s1. The van der Waals surface area contributed by atoms with Gasteiger partial charge < -0.3 is 9.64 Å². The SMILES string of the molecule is COc1ccccc1N1C(=O)C[C@H]([NH+]2CCN(c3cccc[nH+]3)CC2)C1=O. The molecule has 2 aliphatic heterocycles. The van der Waals surface area contributed by atoms with E-state index < -0.39 is 0 Å². The lowest BCUT2D eigenvalue weighted by molar-refractivity contribution is -0.915.